The summed E-state index contributed by atoms with van der Waals surface area (Å²) < 4.78 is 2.28. The first kappa shape index (κ1) is 31.5. The number of rotatable bonds is 4. The molecule has 58 heavy (non-hydrogen) atoms. The second kappa shape index (κ2) is 11.7. The van der Waals surface area contributed by atoms with Gasteiger partial charge >= 0.3 is 0 Å². The van der Waals surface area contributed by atoms with Crippen LogP contribution in [0.3, 0.4) is 0 Å². The normalized spacial score (nSPS) is 13.3. The van der Waals surface area contributed by atoms with Crippen molar-refractivity contribution in [1.82, 2.24) is 19.5 Å². The lowest BCUT2D eigenvalue weighted by Gasteiger charge is -2.37. The molecule has 2 heterocycles. The predicted molar refractivity (Wildman–Crippen MR) is 236 cm³/mol. The Bertz CT molecular complexity index is 3460. The molecule has 1 spiro atoms. The van der Waals surface area contributed by atoms with Crippen LogP contribution in [0.1, 0.15) is 22.3 Å². The maximum absolute atomic E-state index is 5.35. The first-order valence-corrected chi connectivity index (χ1v) is 19.9. The van der Waals surface area contributed by atoms with Crippen LogP contribution in [0, 0.1) is 0 Å². The monoisotopic (exact) mass is 736 g/mol. The molecule has 13 rings (SSSR count). The topological polar surface area (TPSA) is 43.6 Å². The van der Waals surface area contributed by atoms with Crippen LogP contribution >= 0.6 is 0 Å². The van der Waals surface area contributed by atoms with Crippen LogP contribution in [0.5, 0.6) is 0 Å². The van der Waals surface area contributed by atoms with Crippen molar-refractivity contribution in [2.75, 3.05) is 0 Å². The van der Waals surface area contributed by atoms with Gasteiger partial charge in [-0.15, -0.1) is 0 Å². The average molecular weight is 737 g/mol. The van der Waals surface area contributed by atoms with Gasteiger partial charge in [-0.2, -0.15) is 9.97 Å². The summed E-state index contributed by atoms with van der Waals surface area (Å²) in [5, 5.41) is 7.47. The van der Waals surface area contributed by atoms with E-state index in [1.165, 1.54) is 71.3 Å². The Balaban J connectivity index is 1.08. The fourth-order valence-electron chi connectivity index (χ4n) is 10.3. The number of hydrogen-bond donors (Lipinski definition) is 0. The van der Waals surface area contributed by atoms with E-state index in [-0.39, 0.29) is 0 Å². The highest BCUT2D eigenvalue weighted by molar-refractivity contribution is 6.26. The number of aromatic nitrogens is 4. The molecule has 0 saturated carbocycles. The molecule has 2 aliphatic rings. The lowest BCUT2D eigenvalue weighted by molar-refractivity contribution is 0.783. The smallest absolute Gasteiger partial charge is 0.238 e. The molecule has 0 N–H and O–H groups in total. The summed E-state index contributed by atoms with van der Waals surface area (Å²) in [5.74, 6) is 1.86. The van der Waals surface area contributed by atoms with Gasteiger partial charge in [-0.05, 0) is 78.2 Å². The van der Waals surface area contributed by atoms with E-state index in [9.17, 15) is 0 Å². The molecule has 4 heteroatoms. The summed E-state index contributed by atoms with van der Waals surface area (Å²) in [5.41, 5.74) is 13.8. The van der Waals surface area contributed by atoms with Gasteiger partial charge in [-0.3, -0.25) is 4.57 Å². The molecule has 11 aromatic rings. The van der Waals surface area contributed by atoms with E-state index < -0.39 is 5.41 Å². The van der Waals surface area contributed by atoms with Gasteiger partial charge in [0.2, 0.25) is 5.95 Å². The van der Waals surface area contributed by atoms with Crippen molar-refractivity contribution >= 4 is 43.4 Å². The molecule has 0 amide bonds. The van der Waals surface area contributed by atoms with Gasteiger partial charge in [-0.1, -0.05) is 182 Å². The van der Waals surface area contributed by atoms with Crippen LogP contribution in [0.2, 0.25) is 0 Å². The summed E-state index contributed by atoms with van der Waals surface area (Å²) in [4.78, 5) is 15.8. The van der Waals surface area contributed by atoms with Gasteiger partial charge in [-0.25, -0.2) is 4.98 Å². The Morgan fingerprint density at radius 2 is 0.862 bits per heavy atom. The zero-order valence-corrected chi connectivity index (χ0v) is 31.3. The third-order valence-electron chi connectivity index (χ3n) is 12.7. The van der Waals surface area contributed by atoms with Crippen LogP contribution in [-0.4, -0.2) is 19.5 Å². The third kappa shape index (κ3) is 4.10. The molecule has 0 bridgehead atoms. The molecular weight excluding hydrogens is 705 g/mol. The first-order chi connectivity index (χ1) is 28.8. The van der Waals surface area contributed by atoms with E-state index in [0.29, 0.717) is 17.6 Å². The Morgan fingerprint density at radius 1 is 0.328 bits per heavy atom. The SMILES string of the molecule is c1ccc(-c2nc(-c3ccc(-c4cccc5ccccc45)cc3)nc(-n3c4cccc5c4c4c6c(cccc6ccc43)C53c4ccccc4-c4ccccc43)n2)cc1. The van der Waals surface area contributed by atoms with E-state index >= 15 is 0 Å². The minimum Gasteiger partial charge on any atom is -0.278 e. The summed E-state index contributed by atoms with van der Waals surface area (Å²) in [6.07, 6.45) is 0. The van der Waals surface area contributed by atoms with Crippen molar-refractivity contribution in [3.63, 3.8) is 0 Å². The van der Waals surface area contributed by atoms with Crippen LogP contribution in [-0.2, 0) is 5.41 Å². The van der Waals surface area contributed by atoms with E-state index in [2.05, 4.69) is 180 Å². The molecular formula is C54H32N4. The molecule has 0 unspecified atom stereocenters. The van der Waals surface area contributed by atoms with E-state index in [0.717, 1.165) is 27.7 Å². The maximum atomic E-state index is 5.35. The van der Waals surface area contributed by atoms with Gasteiger partial charge < -0.3 is 0 Å². The minimum absolute atomic E-state index is 0.481. The van der Waals surface area contributed by atoms with Gasteiger partial charge in [0, 0.05) is 21.9 Å². The lowest BCUT2D eigenvalue weighted by atomic mass is 9.63. The standard InChI is InChI=1S/C54H32N4/c1-2-14-36(15-3-1)51-55-52(37-29-27-34(28-30-37)39-21-10-16-33-13-4-5-18-38(33)39)57-53(56-51)58-46-26-12-25-45-49(46)50-47(58)32-31-35-17-11-24-44(48(35)50)54(45)42-22-8-6-19-40(42)41-20-7-9-23-43(41)54/h1-32H. The summed E-state index contributed by atoms with van der Waals surface area (Å²) in [6.45, 7) is 0. The maximum Gasteiger partial charge on any atom is 0.238 e. The molecule has 9 aromatic carbocycles. The zero-order chi connectivity index (χ0) is 38.0. The fraction of sp³-hybridized carbons (Fsp3) is 0.0185. The third-order valence-corrected chi connectivity index (χ3v) is 12.7. The molecule has 0 aliphatic heterocycles. The summed E-state index contributed by atoms with van der Waals surface area (Å²) in [6, 6.07) is 70.1. The highest BCUT2D eigenvalue weighted by atomic mass is 15.2. The number of hydrogen-bond acceptors (Lipinski definition) is 3. The number of nitrogens with zero attached hydrogens (tertiary/aromatic N) is 4. The lowest BCUT2D eigenvalue weighted by Crippen LogP contribution is -2.30. The molecule has 4 nitrogen and oxygen atoms in total. The predicted octanol–water partition coefficient (Wildman–Crippen LogP) is 13.0. The van der Waals surface area contributed by atoms with Crippen molar-refractivity contribution in [1.29, 1.82) is 0 Å². The van der Waals surface area contributed by atoms with Crippen molar-refractivity contribution in [2.45, 2.75) is 5.41 Å². The Labute approximate surface area is 334 Å². The van der Waals surface area contributed by atoms with Crippen LogP contribution in [0.4, 0.5) is 0 Å². The zero-order valence-electron chi connectivity index (χ0n) is 31.3. The number of benzene rings is 9. The van der Waals surface area contributed by atoms with Crippen molar-refractivity contribution in [2.24, 2.45) is 0 Å². The van der Waals surface area contributed by atoms with Gasteiger partial charge in [0.1, 0.15) is 0 Å². The minimum atomic E-state index is -0.481. The highest BCUT2D eigenvalue weighted by Crippen LogP contribution is 2.62. The average Bonchev–Trinajstić information content (AvgIpc) is 3.80. The largest absolute Gasteiger partial charge is 0.278 e. The molecule has 2 aliphatic carbocycles. The fourth-order valence-corrected chi connectivity index (χ4v) is 10.3. The van der Waals surface area contributed by atoms with Crippen molar-refractivity contribution in [3.05, 3.63) is 216 Å². The van der Waals surface area contributed by atoms with E-state index in [1.54, 1.807) is 0 Å². The van der Waals surface area contributed by atoms with Crippen molar-refractivity contribution < 1.29 is 0 Å². The first-order valence-electron chi connectivity index (χ1n) is 19.9. The van der Waals surface area contributed by atoms with E-state index in [1.807, 2.05) is 18.2 Å². The molecule has 0 radical (unpaired) electrons. The Morgan fingerprint density at radius 3 is 1.64 bits per heavy atom. The summed E-state index contributed by atoms with van der Waals surface area (Å²) >= 11 is 0. The molecule has 2 aromatic heterocycles. The Hall–Kier alpha value is -7.69. The van der Waals surface area contributed by atoms with Gasteiger partial charge in [0.05, 0.1) is 16.4 Å². The quantitative estimate of drug-likeness (QED) is 0.181. The Kier molecular flexibility index (Phi) is 6.34. The number of fused-ring (bicyclic) bond motifs is 8. The molecule has 0 fully saturated rings. The van der Waals surface area contributed by atoms with E-state index in [4.69, 9.17) is 15.0 Å². The molecule has 268 valence electrons. The van der Waals surface area contributed by atoms with Gasteiger partial charge in [0.15, 0.2) is 11.6 Å². The molecule has 0 saturated heterocycles. The highest BCUT2D eigenvalue weighted by Gasteiger charge is 2.50. The van der Waals surface area contributed by atoms with Gasteiger partial charge in [0.25, 0.3) is 0 Å². The summed E-state index contributed by atoms with van der Waals surface area (Å²) in [7, 11) is 0. The molecule has 0 atom stereocenters. The second-order valence-electron chi connectivity index (χ2n) is 15.5. The van der Waals surface area contributed by atoms with Crippen LogP contribution in [0.15, 0.2) is 194 Å². The second-order valence-corrected chi connectivity index (χ2v) is 15.5. The van der Waals surface area contributed by atoms with Crippen LogP contribution < -0.4 is 0 Å². The van der Waals surface area contributed by atoms with Crippen molar-refractivity contribution in [3.8, 4) is 51.0 Å². The van der Waals surface area contributed by atoms with Crippen LogP contribution in [0.25, 0.3) is 94.3 Å².